The van der Waals surface area contributed by atoms with E-state index in [0.717, 1.165) is 27.7 Å². The molecular weight excluding hydrogens is 386 g/mol. The van der Waals surface area contributed by atoms with Crippen LogP contribution in [0.1, 0.15) is 21.5 Å². The standard InChI is InChI=1S/C26H25N3O2/c1-29(2)21-14-12-19(13-15-21)17-27-26(30)23-16-25(28-24-11-7-6-10-22(23)24)31-18-20-8-4-3-5-9-20/h3-16H,17-18H2,1-2H3,(H,27,30). The highest BCUT2D eigenvalue weighted by Gasteiger charge is 2.14. The van der Waals surface area contributed by atoms with Crippen molar-refractivity contribution in [3.8, 4) is 5.88 Å². The topological polar surface area (TPSA) is 54.5 Å². The zero-order valence-electron chi connectivity index (χ0n) is 17.7. The summed E-state index contributed by atoms with van der Waals surface area (Å²) in [6, 6.07) is 27.4. The van der Waals surface area contributed by atoms with E-state index in [0.29, 0.717) is 24.6 Å². The van der Waals surface area contributed by atoms with Crippen LogP contribution in [0.5, 0.6) is 5.88 Å². The summed E-state index contributed by atoms with van der Waals surface area (Å²) in [4.78, 5) is 19.6. The van der Waals surface area contributed by atoms with E-state index in [1.165, 1.54) is 0 Å². The van der Waals surface area contributed by atoms with Gasteiger partial charge in [-0.25, -0.2) is 4.98 Å². The second-order valence-corrected chi connectivity index (χ2v) is 7.54. The maximum absolute atomic E-state index is 13.0. The van der Waals surface area contributed by atoms with Crippen LogP contribution in [0.2, 0.25) is 0 Å². The number of aromatic nitrogens is 1. The molecule has 0 radical (unpaired) electrons. The van der Waals surface area contributed by atoms with Crippen molar-refractivity contribution in [2.24, 2.45) is 0 Å². The van der Waals surface area contributed by atoms with Gasteiger partial charge >= 0.3 is 0 Å². The fourth-order valence-electron chi connectivity index (χ4n) is 3.33. The average molecular weight is 412 g/mol. The van der Waals surface area contributed by atoms with Crippen molar-refractivity contribution in [2.45, 2.75) is 13.2 Å². The number of nitrogens with one attached hydrogen (secondary N) is 1. The van der Waals surface area contributed by atoms with Gasteiger partial charge in [-0.3, -0.25) is 4.79 Å². The van der Waals surface area contributed by atoms with E-state index in [1.54, 1.807) is 6.07 Å². The molecule has 0 unspecified atom stereocenters. The molecular formula is C26H25N3O2. The molecule has 3 aromatic carbocycles. The Morgan fingerprint density at radius 3 is 2.35 bits per heavy atom. The summed E-state index contributed by atoms with van der Waals surface area (Å²) in [5.41, 5.74) is 4.49. The van der Waals surface area contributed by atoms with Gasteiger partial charge in [0, 0.05) is 37.8 Å². The molecule has 1 amide bonds. The van der Waals surface area contributed by atoms with E-state index in [4.69, 9.17) is 4.74 Å². The highest BCUT2D eigenvalue weighted by Crippen LogP contribution is 2.23. The molecule has 31 heavy (non-hydrogen) atoms. The molecule has 0 aliphatic carbocycles. The normalized spacial score (nSPS) is 10.6. The van der Waals surface area contributed by atoms with Crippen LogP contribution in [0.25, 0.3) is 10.9 Å². The average Bonchev–Trinajstić information content (AvgIpc) is 2.81. The number of para-hydroxylation sites is 1. The first-order chi connectivity index (χ1) is 15.1. The van der Waals surface area contributed by atoms with Crippen molar-refractivity contribution < 1.29 is 9.53 Å². The summed E-state index contributed by atoms with van der Waals surface area (Å²) in [7, 11) is 4.01. The van der Waals surface area contributed by atoms with Crippen LogP contribution in [0.4, 0.5) is 5.69 Å². The number of ether oxygens (including phenoxy) is 1. The van der Waals surface area contributed by atoms with Crippen LogP contribution in [0.15, 0.2) is 84.9 Å². The Hall–Kier alpha value is -3.86. The van der Waals surface area contributed by atoms with Crippen LogP contribution in [0, 0.1) is 0 Å². The number of carbonyl (C=O) groups excluding carboxylic acids is 1. The molecule has 0 saturated carbocycles. The molecule has 0 saturated heterocycles. The van der Waals surface area contributed by atoms with Gasteiger partial charge in [-0.1, -0.05) is 60.7 Å². The number of carbonyl (C=O) groups is 1. The van der Waals surface area contributed by atoms with E-state index in [-0.39, 0.29) is 5.91 Å². The van der Waals surface area contributed by atoms with Crippen molar-refractivity contribution in [1.82, 2.24) is 10.3 Å². The number of hydrogen-bond donors (Lipinski definition) is 1. The fraction of sp³-hybridized carbons (Fsp3) is 0.154. The fourth-order valence-corrected chi connectivity index (χ4v) is 3.33. The van der Waals surface area contributed by atoms with Crippen molar-refractivity contribution in [3.63, 3.8) is 0 Å². The molecule has 1 heterocycles. The predicted octanol–water partition coefficient (Wildman–Crippen LogP) is 4.81. The molecule has 0 aliphatic heterocycles. The number of nitrogens with zero attached hydrogens (tertiary/aromatic N) is 2. The molecule has 0 fully saturated rings. The third kappa shape index (κ3) is 5.01. The highest BCUT2D eigenvalue weighted by atomic mass is 16.5. The van der Waals surface area contributed by atoms with Gasteiger partial charge in [-0.2, -0.15) is 0 Å². The van der Waals surface area contributed by atoms with Gasteiger partial charge in [0.1, 0.15) is 6.61 Å². The minimum atomic E-state index is -0.153. The second kappa shape index (κ2) is 9.30. The van der Waals surface area contributed by atoms with Gasteiger partial charge in [0.2, 0.25) is 5.88 Å². The van der Waals surface area contributed by atoms with Crippen molar-refractivity contribution in [1.29, 1.82) is 0 Å². The minimum Gasteiger partial charge on any atom is -0.473 e. The third-order valence-electron chi connectivity index (χ3n) is 5.07. The maximum atomic E-state index is 13.0. The van der Waals surface area contributed by atoms with Crippen molar-refractivity contribution >= 4 is 22.5 Å². The van der Waals surface area contributed by atoms with Crippen LogP contribution < -0.4 is 15.0 Å². The first-order valence-electron chi connectivity index (χ1n) is 10.2. The molecule has 0 atom stereocenters. The molecule has 1 aromatic heterocycles. The highest BCUT2D eigenvalue weighted by molar-refractivity contribution is 6.06. The lowest BCUT2D eigenvalue weighted by molar-refractivity contribution is 0.0952. The molecule has 4 aromatic rings. The largest absolute Gasteiger partial charge is 0.473 e. The van der Waals surface area contributed by atoms with Gasteiger partial charge < -0.3 is 15.0 Å². The summed E-state index contributed by atoms with van der Waals surface area (Å²) in [5, 5.41) is 3.82. The second-order valence-electron chi connectivity index (χ2n) is 7.54. The Labute approximate surface area is 182 Å². The number of anilines is 1. The summed E-state index contributed by atoms with van der Waals surface area (Å²) in [6.45, 7) is 0.842. The zero-order valence-corrected chi connectivity index (χ0v) is 17.7. The molecule has 4 rings (SSSR count). The first kappa shape index (κ1) is 20.4. The number of benzene rings is 3. The number of rotatable bonds is 7. The molecule has 156 valence electrons. The summed E-state index contributed by atoms with van der Waals surface area (Å²) >= 11 is 0. The molecule has 0 bridgehead atoms. The number of hydrogen-bond acceptors (Lipinski definition) is 4. The Balaban J connectivity index is 1.52. The molecule has 5 nitrogen and oxygen atoms in total. The first-order valence-corrected chi connectivity index (χ1v) is 10.2. The van der Waals surface area contributed by atoms with Crippen molar-refractivity contribution in [3.05, 3.63) is 102 Å². The number of amides is 1. The van der Waals surface area contributed by atoms with Crippen LogP contribution in [-0.4, -0.2) is 25.0 Å². The summed E-state index contributed by atoms with van der Waals surface area (Å²) < 4.78 is 5.89. The third-order valence-corrected chi connectivity index (χ3v) is 5.07. The number of fused-ring (bicyclic) bond motifs is 1. The SMILES string of the molecule is CN(C)c1ccc(CNC(=O)c2cc(OCc3ccccc3)nc3ccccc23)cc1. The molecule has 0 spiro atoms. The monoisotopic (exact) mass is 411 g/mol. The Morgan fingerprint density at radius 1 is 0.903 bits per heavy atom. The lowest BCUT2D eigenvalue weighted by atomic mass is 10.1. The van der Waals surface area contributed by atoms with Crippen LogP contribution in [-0.2, 0) is 13.2 Å². The van der Waals surface area contributed by atoms with E-state index < -0.39 is 0 Å². The van der Waals surface area contributed by atoms with Crippen LogP contribution in [0.3, 0.4) is 0 Å². The minimum absolute atomic E-state index is 0.153. The van der Waals surface area contributed by atoms with Gasteiger partial charge in [0.05, 0.1) is 11.1 Å². The predicted molar refractivity (Wildman–Crippen MR) is 124 cm³/mol. The van der Waals surface area contributed by atoms with E-state index in [2.05, 4.69) is 10.3 Å². The van der Waals surface area contributed by atoms with Gasteiger partial charge in [-0.05, 0) is 29.3 Å². The summed E-state index contributed by atoms with van der Waals surface area (Å²) in [6.07, 6.45) is 0. The zero-order chi connectivity index (χ0) is 21.6. The van der Waals surface area contributed by atoms with Gasteiger partial charge in [-0.15, -0.1) is 0 Å². The Bertz CT molecular complexity index is 1170. The lowest BCUT2D eigenvalue weighted by Crippen LogP contribution is -2.23. The molecule has 0 aliphatic rings. The Morgan fingerprint density at radius 2 is 1.61 bits per heavy atom. The Kier molecular flexibility index (Phi) is 6.13. The molecule has 5 heteroatoms. The lowest BCUT2D eigenvalue weighted by Gasteiger charge is -2.13. The number of pyridine rings is 1. The quantitative estimate of drug-likeness (QED) is 0.474. The molecule has 1 N–H and O–H groups in total. The van der Waals surface area contributed by atoms with Crippen LogP contribution >= 0.6 is 0 Å². The summed E-state index contributed by atoms with van der Waals surface area (Å²) in [5.74, 6) is 0.280. The van der Waals surface area contributed by atoms with E-state index in [9.17, 15) is 4.79 Å². The van der Waals surface area contributed by atoms with E-state index in [1.807, 2.05) is 97.9 Å². The smallest absolute Gasteiger partial charge is 0.252 e. The van der Waals surface area contributed by atoms with Gasteiger partial charge in [0.25, 0.3) is 5.91 Å². The van der Waals surface area contributed by atoms with Crippen molar-refractivity contribution in [2.75, 3.05) is 19.0 Å². The van der Waals surface area contributed by atoms with Gasteiger partial charge in [0.15, 0.2) is 0 Å². The maximum Gasteiger partial charge on any atom is 0.252 e. The van der Waals surface area contributed by atoms with E-state index >= 15 is 0 Å².